The highest BCUT2D eigenvalue weighted by Crippen LogP contribution is 2.31. The molecule has 2 aliphatic rings. The van der Waals surface area contributed by atoms with E-state index >= 15 is 0 Å². The lowest BCUT2D eigenvalue weighted by Crippen LogP contribution is -2.51. The summed E-state index contributed by atoms with van der Waals surface area (Å²) in [5.41, 5.74) is 1.05. The number of nitrogens with zero attached hydrogens (tertiary/aromatic N) is 1. The minimum Gasteiger partial charge on any atom is -0.496 e. The summed E-state index contributed by atoms with van der Waals surface area (Å²) in [6.07, 6.45) is 1.55. The third-order valence-corrected chi connectivity index (χ3v) is 4.23. The van der Waals surface area contributed by atoms with Gasteiger partial charge in [0.2, 0.25) is 0 Å². The zero-order valence-corrected chi connectivity index (χ0v) is 12.4. The van der Waals surface area contributed by atoms with Gasteiger partial charge in [-0.1, -0.05) is 18.2 Å². The van der Waals surface area contributed by atoms with E-state index in [0.29, 0.717) is 13.2 Å². The topological polar surface area (TPSA) is 50.8 Å². The Morgan fingerprint density at radius 2 is 2.29 bits per heavy atom. The second kappa shape index (κ2) is 6.45. The summed E-state index contributed by atoms with van der Waals surface area (Å²) >= 11 is 0. The summed E-state index contributed by atoms with van der Waals surface area (Å²) < 4.78 is 11.0. The average Bonchev–Trinajstić information content (AvgIpc) is 3.08. The summed E-state index contributed by atoms with van der Waals surface area (Å²) in [7, 11) is 1.67. The predicted octanol–water partition coefficient (Wildman–Crippen LogP) is 1.35. The lowest BCUT2D eigenvalue weighted by molar-refractivity contribution is -0.144. The summed E-state index contributed by atoms with van der Waals surface area (Å²) in [6.45, 7) is 2.98. The number of carbonyl (C=O) groups is 1. The van der Waals surface area contributed by atoms with Gasteiger partial charge >= 0.3 is 0 Å². The van der Waals surface area contributed by atoms with Crippen molar-refractivity contribution in [3.63, 3.8) is 0 Å². The Bertz CT molecular complexity index is 500. The standard InChI is InChI=1S/C16H22N2O3/c1-20-14-6-3-2-5-12(14)13-11-17-8-9-18(13)16(19)15-7-4-10-21-15/h2-3,5-6,13,15,17H,4,7-11H2,1H3. The van der Waals surface area contributed by atoms with Gasteiger partial charge in [-0.05, 0) is 18.9 Å². The molecule has 5 heteroatoms. The van der Waals surface area contributed by atoms with Gasteiger partial charge in [0, 0.05) is 31.8 Å². The van der Waals surface area contributed by atoms with Crippen LogP contribution in [-0.2, 0) is 9.53 Å². The van der Waals surface area contributed by atoms with Crippen molar-refractivity contribution in [2.45, 2.75) is 25.0 Å². The highest BCUT2D eigenvalue weighted by Gasteiger charge is 2.35. The van der Waals surface area contributed by atoms with E-state index in [9.17, 15) is 4.79 Å². The number of methoxy groups -OCH3 is 1. The van der Waals surface area contributed by atoms with Crippen LogP contribution < -0.4 is 10.1 Å². The van der Waals surface area contributed by atoms with Crippen LogP contribution in [0.2, 0.25) is 0 Å². The average molecular weight is 290 g/mol. The van der Waals surface area contributed by atoms with Gasteiger partial charge in [-0.15, -0.1) is 0 Å². The van der Waals surface area contributed by atoms with E-state index in [-0.39, 0.29) is 18.1 Å². The number of ether oxygens (including phenoxy) is 2. The number of benzene rings is 1. The molecule has 1 aromatic rings. The summed E-state index contributed by atoms with van der Waals surface area (Å²) in [6, 6.07) is 7.92. The van der Waals surface area contributed by atoms with E-state index in [1.807, 2.05) is 29.2 Å². The van der Waals surface area contributed by atoms with Crippen LogP contribution in [0.5, 0.6) is 5.75 Å². The van der Waals surface area contributed by atoms with Crippen LogP contribution in [0.1, 0.15) is 24.4 Å². The van der Waals surface area contributed by atoms with E-state index in [0.717, 1.165) is 37.2 Å². The van der Waals surface area contributed by atoms with Crippen molar-refractivity contribution in [2.75, 3.05) is 33.4 Å². The Hall–Kier alpha value is -1.59. The van der Waals surface area contributed by atoms with Gasteiger partial charge in [0.05, 0.1) is 13.2 Å². The minimum atomic E-state index is -0.264. The maximum atomic E-state index is 12.7. The summed E-state index contributed by atoms with van der Waals surface area (Å²) in [5.74, 6) is 0.946. The fourth-order valence-electron chi connectivity index (χ4n) is 3.15. The zero-order chi connectivity index (χ0) is 14.7. The Balaban J connectivity index is 1.85. The van der Waals surface area contributed by atoms with Crippen LogP contribution in [0.4, 0.5) is 0 Å². The van der Waals surface area contributed by atoms with Crippen molar-refractivity contribution in [3.05, 3.63) is 29.8 Å². The van der Waals surface area contributed by atoms with Crippen LogP contribution >= 0.6 is 0 Å². The largest absolute Gasteiger partial charge is 0.496 e. The van der Waals surface area contributed by atoms with Crippen molar-refractivity contribution < 1.29 is 14.3 Å². The minimum absolute atomic E-state index is 0.00611. The van der Waals surface area contributed by atoms with Crippen molar-refractivity contribution in [3.8, 4) is 5.75 Å². The Morgan fingerprint density at radius 1 is 1.43 bits per heavy atom. The molecule has 1 N–H and O–H groups in total. The number of nitrogens with one attached hydrogen (secondary N) is 1. The third-order valence-electron chi connectivity index (χ3n) is 4.23. The number of hydrogen-bond acceptors (Lipinski definition) is 4. The fraction of sp³-hybridized carbons (Fsp3) is 0.562. The SMILES string of the molecule is COc1ccccc1C1CNCCN1C(=O)C1CCCO1. The van der Waals surface area contributed by atoms with Crippen molar-refractivity contribution >= 4 is 5.91 Å². The predicted molar refractivity (Wildman–Crippen MR) is 79.3 cm³/mol. The van der Waals surface area contributed by atoms with Gasteiger partial charge in [0.1, 0.15) is 11.9 Å². The van der Waals surface area contributed by atoms with Crippen LogP contribution in [-0.4, -0.2) is 50.3 Å². The molecule has 3 rings (SSSR count). The van der Waals surface area contributed by atoms with E-state index in [2.05, 4.69) is 5.32 Å². The van der Waals surface area contributed by atoms with Crippen LogP contribution in [0.3, 0.4) is 0 Å². The number of carbonyl (C=O) groups excluding carboxylic acids is 1. The zero-order valence-electron chi connectivity index (χ0n) is 12.4. The first-order valence-electron chi connectivity index (χ1n) is 7.57. The maximum absolute atomic E-state index is 12.7. The number of piperazine rings is 1. The molecule has 0 spiro atoms. The van der Waals surface area contributed by atoms with Gasteiger partial charge in [-0.3, -0.25) is 4.79 Å². The molecule has 0 aromatic heterocycles. The summed E-state index contributed by atoms with van der Waals surface area (Å²) in [5, 5.41) is 3.37. The highest BCUT2D eigenvalue weighted by atomic mass is 16.5. The van der Waals surface area contributed by atoms with Gasteiger partial charge in [-0.25, -0.2) is 0 Å². The molecule has 2 aliphatic heterocycles. The van der Waals surface area contributed by atoms with E-state index in [1.165, 1.54) is 0 Å². The molecule has 21 heavy (non-hydrogen) atoms. The molecule has 2 unspecified atom stereocenters. The molecule has 0 radical (unpaired) electrons. The first kappa shape index (κ1) is 14.4. The monoisotopic (exact) mass is 290 g/mol. The van der Waals surface area contributed by atoms with E-state index in [4.69, 9.17) is 9.47 Å². The summed E-state index contributed by atoms with van der Waals surface area (Å²) in [4.78, 5) is 14.7. The first-order chi connectivity index (χ1) is 10.3. The number of hydrogen-bond donors (Lipinski definition) is 1. The number of para-hydroxylation sites is 1. The molecule has 2 heterocycles. The second-order valence-corrected chi connectivity index (χ2v) is 5.50. The molecular weight excluding hydrogens is 268 g/mol. The van der Waals surface area contributed by atoms with Crippen LogP contribution in [0.25, 0.3) is 0 Å². The quantitative estimate of drug-likeness (QED) is 0.913. The van der Waals surface area contributed by atoms with Crippen molar-refractivity contribution in [1.82, 2.24) is 10.2 Å². The number of amides is 1. The molecule has 1 aromatic carbocycles. The molecule has 0 aliphatic carbocycles. The molecule has 2 fully saturated rings. The van der Waals surface area contributed by atoms with Crippen LogP contribution in [0.15, 0.2) is 24.3 Å². The third kappa shape index (κ3) is 2.89. The molecule has 5 nitrogen and oxygen atoms in total. The van der Waals surface area contributed by atoms with Gasteiger partial charge in [0.15, 0.2) is 0 Å². The molecule has 2 saturated heterocycles. The second-order valence-electron chi connectivity index (χ2n) is 5.50. The normalized spacial score (nSPS) is 25.9. The molecule has 0 bridgehead atoms. The molecular formula is C16H22N2O3. The smallest absolute Gasteiger partial charge is 0.252 e. The lowest BCUT2D eigenvalue weighted by Gasteiger charge is -2.38. The molecule has 0 saturated carbocycles. The van der Waals surface area contributed by atoms with Gasteiger partial charge in [0.25, 0.3) is 5.91 Å². The molecule has 1 amide bonds. The first-order valence-corrected chi connectivity index (χ1v) is 7.57. The van der Waals surface area contributed by atoms with Crippen LogP contribution in [0, 0.1) is 0 Å². The Morgan fingerprint density at radius 3 is 3.05 bits per heavy atom. The number of rotatable bonds is 3. The van der Waals surface area contributed by atoms with Crippen molar-refractivity contribution in [1.29, 1.82) is 0 Å². The van der Waals surface area contributed by atoms with Gasteiger partial charge in [-0.2, -0.15) is 0 Å². The fourth-order valence-corrected chi connectivity index (χ4v) is 3.15. The van der Waals surface area contributed by atoms with E-state index < -0.39 is 0 Å². The highest BCUT2D eigenvalue weighted by molar-refractivity contribution is 5.82. The Kier molecular flexibility index (Phi) is 4.41. The van der Waals surface area contributed by atoms with Crippen molar-refractivity contribution in [2.24, 2.45) is 0 Å². The van der Waals surface area contributed by atoms with Gasteiger partial charge < -0.3 is 19.7 Å². The molecule has 2 atom stereocenters. The Labute approximate surface area is 125 Å². The lowest BCUT2D eigenvalue weighted by atomic mass is 10.0. The molecule has 114 valence electrons. The maximum Gasteiger partial charge on any atom is 0.252 e. The van der Waals surface area contributed by atoms with E-state index in [1.54, 1.807) is 7.11 Å².